The molecule has 1 heteroatoms. The molecule has 1 aliphatic rings. The molecule has 1 unspecified atom stereocenters. The fourth-order valence-corrected chi connectivity index (χ4v) is 3.47. The third kappa shape index (κ3) is 4.34. The van der Waals surface area contributed by atoms with E-state index in [1.165, 1.54) is 56.1 Å². The fraction of sp³-hybridized carbons (Fsp3) is 0.684. The predicted molar refractivity (Wildman–Crippen MR) is 88.1 cm³/mol. The maximum absolute atomic E-state index is 3.53. The van der Waals surface area contributed by atoms with Gasteiger partial charge in [-0.1, -0.05) is 76.6 Å². The molecule has 0 aliphatic heterocycles. The summed E-state index contributed by atoms with van der Waals surface area (Å²) in [6, 6.07) is 9.79. The highest BCUT2D eigenvalue weighted by molar-refractivity contribution is 5.26. The Labute approximate surface area is 125 Å². The van der Waals surface area contributed by atoms with E-state index >= 15 is 0 Å². The Hall–Kier alpha value is -0.820. The van der Waals surface area contributed by atoms with E-state index in [0.717, 1.165) is 5.92 Å². The van der Waals surface area contributed by atoms with Gasteiger partial charge in [0.15, 0.2) is 0 Å². The fourth-order valence-electron chi connectivity index (χ4n) is 3.47. The van der Waals surface area contributed by atoms with Crippen molar-refractivity contribution in [1.29, 1.82) is 0 Å². The standard InChI is InChI=1S/C19H31N/c1-15(2)17-10-12-18(13-11-17)19(20-3)14-16-8-6-4-5-7-9-16/h10-13,15-16,19-20H,4-9,14H2,1-3H3. The Balaban J connectivity index is 1.99. The SMILES string of the molecule is CNC(CC1CCCCCC1)c1ccc(C(C)C)cc1. The lowest BCUT2D eigenvalue weighted by Gasteiger charge is -2.23. The zero-order valence-electron chi connectivity index (χ0n) is 13.5. The first-order valence-electron chi connectivity index (χ1n) is 8.48. The summed E-state index contributed by atoms with van der Waals surface area (Å²) in [6.45, 7) is 4.52. The topological polar surface area (TPSA) is 12.0 Å². The number of hydrogen-bond donors (Lipinski definition) is 1. The van der Waals surface area contributed by atoms with Crippen LogP contribution in [0.1, 0.15) is 81.9 Å². The van der Waals surface area contributed by atoms with Gasteiger partial charge in [0.2, 0.25) is 0 Å². The number of benzene rings is 1. The van der Waals surface area contributed by atoms with Crippen molar-refractivity contribution in [2.24, 2.45) is 5.92 Å². The number of hydrogen-bond acceptors (Lipinski definition) is 1. The van der Waals surface area contributed by atoms with Gasteiger partial charge >= 0.3 is 0 Å². The monoisotopic (exact) mass is 273 g/mol. The molecule has 1 aliphatic carbocycles. The van der Waals surface area contributed by atoms with Crippen molar-refractivity contribution in [2.75, 3.05) is 7.05 Å². The van der Waals surface area contributed by atoms with E-state index in [2.05, 4.69) is 50.5 Å². The van der Waals surface area contributed by atoms with Gasteiger partial charge in [-0.3, -0.25) is 0 Å². The maximum Gasteiger partial charge on any atom is 0.0320 e. The van der Waals surface area contributed by atoms with Crippen LogP contribution in [0.25, 0.3) is 0 Å². The molecule has 0 saturated heterocycles. The van der Waals surface area contributed by atoms with E-state index in [-0.39, 0.29) is 0 Å². The molecule has 20 heavy (non-hydrogen) atoms. The van der Waals surface area contributed by atoms with Crippen LogP contribution in [0.2, 0.25) is 0 Å². The molecule has 1 aromatic carbocycles. The van der Waals surface area contributed by atoms with Crippen LogP contribution in [0.3, 0.4) is 0 Å². The maximum atomic E-state index is 3.53. The second-order valence-electron chi connectivity index (χ2n) is 6.76. The molecule has 1 N–H and O–H groups in total. The van der Waals surface area contributed by atoms with Crippen LogP contribution < -0.4 is 5.32 Å². The first-order chi connectivity index (χ1) is 9.70. The summed E-state index contributed by atoms with van der Waals surface area (Å²) >= 11 is 0. The van der Waals surface area contributed by atoms with Gasteiger partial charge in [-0.2, -0.15) is 0 Å². The number of nitrogens with one attached hydrogen (secondary N) is 1. The van der Waals surface area contributed by atoms with Crippen LogP contribution in [0.4, 0.5) is 0 Å². The lowest BCUT2D eigenvalue weighted by molar-refractivity contribution is 0.368. The molecule has 1 atom stereocenters. The minimum atomic E-state index is 0.527. The van der Waals surface area contributed by atoms with Crippen molar-refractivity contribution >= 4 is 0 Å². The Kier molecular flexibility index (Phi) is 6.09. The Bertz CT molecular complexity index is 371. The van der Waals surface area contributed by atoms with Gasteiger partial charge < -0.3 is 5.32 Å². The number of rotatable bonds is 5. The van der Waals surface area contributed by atoms with E-state index in [1.54, 1.807) is 0 Å². The van der Waals surface area contributed by atoms with Crippen molar-refractivity contribution in [3.05, 3.63) is 35.4 Å². The molecule has 112 valence electrons. The highest BCUT2D eigenvalue weighted by Gasteiger charge is 2.18. The van der Waals surface area contributed by atoms with E-state index in [4.69, 9.17) is 0 Å². The van der Waals surface area contributed by atoms with Crippen molar-refractivity contribution in [3.8, 4) is 0 Å². The molecule has 1 fully saturated rings. The van der Waals surface area contributed by atoms with Crippen LogP contribution in [-0.4, -0.2) is 7.05 Å². The molecule has 0 heterocycles. The summed E-state index contributed by atoms with van der Waals surface area (Å²) < 4.78 is 0. The largest absolute Gasteiger partial charge is 0.313 e. The molecule has 0 amide bonds. The first-order valence-corrected chi connectivity index (χ1v) is 8.48. The van der Waals surface area contributed by atoms with Crippen LogP contribution >= 0.6 is 0 Å². The van der Waals surface area contributed by atoms with Crippen molar-refractivity contribution in [2.45, 2.75) is 70.8 Å². The quantitative estimate of drug-likeness (QED) is 0.705. The third-order valence-corrected chi connectivity index (χ3v) is 4.90. The average molecular weight is 273 g/mol. The first kappa shape index (κ1) is 15.6. The van der Waals surface area contributed by atoms with Crippen LogP contribution in [0.5, 0.6) is 0 Å². The third-order valence-electron chi connectivity index (χ3n) is 4.90. The van der Waals surface area contributed by atoms with Gasteiger partial charge in [0.1, 0.15) is 0 Å². The Morgan fingerprint density at radius 1 is 0.950 bits per heavy atom. The minimum Gasteiger partial charge on any atom is -0.313 e. The van der Waals surface area contributed by atoms with Crippen molar-refractivity contribution in [3.63, 3.8) is 0 Å². The second-order valence-corrected chi connectivity index (χ2v) is 6.76. The highest BCUT2D eigenvalue weighted by atomic mass is 14.9. The molecule has 0 radical (unpaired) electrons. The lowest BCUT2D eigenvalue weighted by atomic mass is 9.89. The Morgan fingerprint density at radius 3 is 2.00 bits per heavy atom. The van der Waals surface area contributed by atoms with E-state index in [0.29, 0.717) is 12.0 Å². The van der Waals surface area contributed by atoms with E-state index in [9.17, 15) is 0 Å². The summed E-state index contributed by atoms with van der Waals surface area (Å²) in [5.41, 5.74) is 2.90. The molecule has 0 aromatic heterocycles. The molecular weight excluding hydrogens is 242 g/mol. The Morgan fingerprint density at radius 2 is 1.50 bits per heavy atom. The van der Waals surface area contributed by atoms with Gasteiger partial charge in [0.05, 0.1) is 0 Å². The van der Waals surface area contributed by atoms with E-state index in [1.807, 2.05) is 0 Å². The second kappa shape index (κ2) is 7.83. The normalized spacial score (nSPS) is 19.0. The molecular formula is C19H31N. The molecule has 2 rings (SSSR count). The zero-order valence-corrected chi connectivity index (χ0v) is 13.5. The van der Waals surface area contributed by atoms with Gasteiger partial charge in [-0.05, 0) is 36.4 Å². The molecule has 0 bridgehead atoms. The molecule has 1 aromatic rings. The van der Waals surface area contributed by atoms with Gasteiger partial charge in [-0.15, -0.1) is 0 Å². The van der Waals surface area contributed by atoms with Crippen LogP contribution in [0, 0.1) is 5.92 Å². The van der Waals surface area contributed by atoms with Crippen molar-refractivity contribution in [1.82, 2.24) is 5.32 Å². The predicted octanol–water partition coefficient (Wildman–Crippen LogP) is 5.43. The smallest absolute Gasteiger partial charge is 0.0320 e. The zero-order chi connectivity index (χ0) is 14.4. The van der Waals surface area contributed by atoms with Crippen LogP contribution in [-0.2, 0) is 0 Å². The van der Waals surface area contributed by atoms with Gasteiger partial charge in [0.25, 0.3) is 0 Å². The summed E-state index contributed by atoms with van der Waals surface area (Å²) in [6.07, 6.45) is 9.94. The van der Waals surface area contributed by atoms with Crippen molar-refractivity contribution < 1.29 is 0 Å². The highest BCUT2D eigenvalue weighted by Crippen LogP contribution is 2.31. The van der Waals surface area contributed by atoms with E-state index < -0.39 is 0 Å². The molecule has 1 nitrogen and oxygen atoms in total. The summed E-state index contributed by atoms with van der Waals surface area (Å²) in [4.78, 5) is 0. The lowest BCUT2D eigenvalue weighted by Crippen LogP contribution is -2.20. The minimum absolute atomic E-state index is 0.527. The molecule has 0 spiro atoms. The summed E-state index contributed by atoms with van der Waals surface area (Å²) in [7, 11) is 2.11. The van der Waals surface area contributed by atoms with Gasteiger partial charge in [-0.25, -0.2) is 0 Å². The average Bonchev–Trinajstić information content (AvgIpc) is 2.73. The molecule has 1 saturated carbocycles. The van der Waals surface area contributed by atoms with Gasteiger partial charge in [0, 0.05) is 6.04 Å². The summed E-state index contributed by atoms with van der Waals surface area (Å²) in [5.74, 6) is 1.54. The van der Waals surface area contributed by atoms with Crippen LogP contribution in [0.15, 0.2) is 24.3 Å². The summed E-state index contributed by atoms with van der Waals surface area (Å²) in [5, 5.41) is 3.53.